The first kappa shape index (κ1) is 34.7. The Hall–Kier alpha value is -4.14. The normalized spacial score (nSPS) is 25.0. The Morgan fingerprint density at radius 1 is 1.04 bits per heavy atom. The molecule has 4 rings (SSSR count). The van der Waals surface area contributed by atoms with E-state index in [2.05, 4.69) is 11.9 Å². The van der Waals surface area contributed by atoms with Gasteiger partial charge in [-0.2, -0.15) is 0 Å². The van der Waals surface area contributed by atoms with Crippen molar-refractivity contribution in [3.8, 4) is 0 Å². The van der Waals surface area contributed by atoms with Crippen LogP contribution in [0.5, 0.6) is 0 Å². The second-order valence-corrected chi connectivity index (χ2v) is 10.9. The SMILES string of the molecule is C=CCOC(=O)C1O[C@@H](OC(=O)CN2C(=O)[C@@H](N[C@@H](CCc3ccccc3)C(=O)OCC)CCc3ccccc32)[C@@H](O)C(O)[C@@H]1O. The molecule has 2 unspecified atom stereocenters. The second kappa shape index (κ2) is 16.4. The fraction of sp³-hybridized carbons (Fsp3) is 0.455. The number of hydrogen-bond donors (Lipinski definition) is 4. The van der Waals surface area contributed by atoms with Crippen LogP contribution in [-0.4, -0.2) is 102 Å². The van der Waals surface area contributed by atoms with E-state index in [0.717, 1.165) is 11.1 Å². The highest BCUT2D eigenvalue weighted by Gasteiger charge is 2.49. The first-order valence-electron chi connectivity index (χ1n) is 15.2. The van der Waals surface area contributed by atoms with Crippen molar-refractivity contribution in [1.29, 1.82) is 0 Å². The number of rotatable bonds is 13. The third kappa shape index (κ3) is 8.56. The molecule has 2 aliphatic rings. The van der Waals surface area contributed by atoms with Crippen molar-refractivity contribution in [2.24, 2.45) is 0 Å². The van der Waals surface area contributed by atoms with Gasteiger partial charge in [0.15, 0.2) is 6.10 Å². The molecule has 46 heavy (non-hydrogen) atoms. The second-order valence-electron chi connectivity index (χ2n) is 10.9. The van der Waals surface area contributed by atoms with Crippen LogP contribution >= 0.6 is 0 Å². The summed E-state index contributed by atoms with van der Waals surface area (Å²) in [6.45, 7) is 4.46. The predicted molar refractivity (Wildman–Crippen MR) is 163 cm³/mol. The zero-order valence-electron chi connectivity index (χ0n) is 25.5. The maximum atomic E-state index is 14.0. The lowest BCUT2D eigenvalue weighted by Gasteiger charge is -2.38. The molecule has 0 radical (unpaired) electrons. The van der Waals surface area contributed by atoms with E-state index >= 15 is 0 Å². The third-order valence-electron chi connectivity index (χ3n) is 7.77. The van der Waals surface area contributed by atoms with Crippen LogP contribution in [0.2, 0.25) is 0 Å². The topological polar surface area (TPSA) is 181 Å². The molecule has 0 aliphatic carbocycles. The van der Waals surface area contributed by atoms with Gasteiger partial charge in [0.05, 0.1) is 12.6 Å². The molecule has 2 heterocycles. The van der Waals surface area contributed by atoms with Crippen molar-refractivity contribution in [1.82, 2.24) is 5.32 Å². The van der Waals surface area contributed by atoms with E-state index in [1.807, 2.05) is 36.4 Å². The minimum atomic E-state index is -1.90. The largest absolute Gasteiger partial charge is 0.465 e. The maximum Gasteiger partial charge on any atom is 0.338 e. The summed E-state index contributed by atoms with van der Waals surface area (Å²) in [4.78, 5) is 53.8. The van der Waals surface area contributed by atoms with Crippen LogP contribution in [0, 0.1) is 0 Å². The number of esters is 3. The lowest BCUT2D eigenvalue weighted by atomic mass is 9.99. The molecular weight excluding hydrogens is 600 g/mol. The molecule has 4 N–H and O–H groups in total. The molecule has 0 bridgehead atoms. The van der Waals surface area contributed by atoms with Crippen molar-refractivity contribution >= 4 is 29.5 Å². The molecule has 1 fully saturated rings. The Morgan fingerprint density at radius 3 is 2.48 bits per heavy atom. The molecule has 1 amide bonds. The Bertz CT molecular complexity index is 1370. The molecule has 13 heteroatoms. The highest BCUT2D eigenvalue weighted by atomic mass is 16.7. The van der Waals surface area contributed by atoms with Crippen LogP contribution in [0.4, 0.5) is 5.69 Å². The number of nitrogens with one attached hydrogen (secondary N) is 1. The molecular formula is C33H40N2O11. The first-order valence-corrected chi connectivity index (χ1v) is 15.2. The van der Waals surface area contributed by atoms with Crippen molar-refractivity contribution in [3.05, 3.63) is 78.4 Å². The third-order valence-corrected chi connectivity index (χ3v) is 7.77. The average molecular weight is 641 g/mol. The minimum Gasteiger partial charge on any atom is -0.465 e. The quantitative estimate of drug-likeness (QED) is 0.136. The van der Waals surface area contributed by atoms with Gasteiger partial charge in [0.2, 0.25) is 12.2 Å². The summed E-state index contributed by atoms with van der Waals surface area (Å²) in [7, 11) is 0. The van der Waals surface area contributed by atoms with E-state index in [0.29, 0.717) is 31.4 Å². The smallest absolute Gasteiger partial charge is 0.338 e. The van der Waals surface area contributed by atoms with Gasteiger partial charge < -0.3 is 34.3 Å². The van der Waals surface area contributed by atoms with E-state index < -0.39 is 73.1 Å². The van der Waals surface area contributed by atoms with E-state index in [4.69, 9.17) is 18.9 Å². The summed E-state index contributed by atoms with van der Waals surface area (Å²) in [6.07, 6.45) is -6.30. The van der Waals surface area contributed by atoms with Gasteiger partial charge in [-0.1, -0.05) is 61.2 Å². The van der Waals surface area contributed by atoms with Crippen molar-refractivity contribution in [3.63, 3.8) is 0 Å². The van der Waals surface area contributed by atoms with Crippen molar-refractivity contribution in [2.75, 3.05) is 24.7 Å². The Labute approximate surface area is 266 Å². The summed E-state index contributed by atoms with van der Waals surface area (Å²) < 4.78 is 20.8. The highest BCUT2D eigenvalue weighted by Crippen LogP contribution is 2.28. The lowest BCUT2D eigenvalue weighted by Crippen LogP contribution is -2.61. The van der Waals surface area contributed by atoms with Crippen LogP contribution in [0.1, 0.15) is 30.9 Å². The summed E-state index contributed by atoms with van der Waals surface area (Å²) in [5.74, 6) is -3.08. The number of ether oxygens (including phenoxy) is 4. The zero-order chi connectivity index (χ0) is 33.2. The van der Waals surface area contributed by atoms with Crippen LogP contribution in [0.25, 0.3) is 0 Å². The number of aliphatic hydroxyl groups is 3. The number of amides is 1. The Kier molecular flexibility index (Phi) is 12.4. The maximum absolute atomic E-state index is 14.0. The van der Waals surface area contributed by atoms with Gasteiger partial charge in [-0.3, -0.25) is 24.6 Å². The molecule has 2 aromatic rings. The Balaban J connectivity index is 1.51. The molecule has 2 aromatic carbocycles. The summed E-state index contributed by atoms with van der Waals surface area (Å²) >= 11 is 0. The molecule has 0 saturated carbocycles. The van der Waals surface area contributed by atoms with E-state index in [-0.39, 0.29) is 13.2 Å². The number of para-hydroxylation sites is 1. The first-order chi connectivity index (χ1) is 22.1. The number of aliphatic hydroxyl groups excluding tert-OH is 3. The van der Waals surface area contributed by atoms with Crippen LogP contribution in [0.3, 0.4) is 0 Å². The van der Waals surface area contributed by atoms with Gasteiger partial charge in [-0.25, -0.2) is 4.79 Å². The highest BCUT2D eigenvalue weighted by molar-refractivity contribution is 6.02. The number of benzene rings is 2. The number of nitrogens with zero attached hydrogens (tertiary/aromatic N) is 1. The van der Waals surface area contributed by atoms with Gasteiger partial charge in [0.25, 0.3) is 0 Å². The summed E-state index contributed by atoms with van der Waals surface area (Å²) in [5.41, 5.74) is 2.25. The molecule has 13 nitrogen and oxygen atoms in total. The van der Waals surface area contributed by atoms with Crippen LogP contribution < -0.4 is 10.2 Å². The van der Waals surface area contributed by atoms with Gasteiger partial charge in [-0.05, 0) is 49.8 Å². The zero-order valence-corrected chi connectivity index (χ0v) is 25.5. The van der Waals surface area contributed by atoms with Crippen molar-refractivity contribution < 1.29 is 53.4 Å². The van der Waals surface area contributed by atoms with Crippen LogP contribution in [0.15, 0.2) is 67.3 Å². The molecule has 0 aromatic heterocycles. The number of anilines is 1. The number of carbonyl (C=O) groups excluding carboxylic acids is 4. The lowest BCUT2D eigenvalue weighted by molar-refractivity contribution is -0.286. The molecule has 1 saturated heterocycles. The summed E-state index contributed by atoms with van der Waals surface area (Å²) in [5, 5.41) is 34.2. The average Bonchev–Trinajstić information content (AvgIpc) is 3.18. The van der Waals surface area contributed by atoms with E-state index in [1.165, 1.54) is 11.0 Å². The minimum absolute atomic E-state index is 0.165. The summed E-state index contributed by atoms with van der Waals surface area (Å²) in [6, 6.07) is 14.9. The van der Waals surface area contributed by atoms with Gasteiger partial charge in [-0.15, -0.1) is 0 Å². The molecule has 248 valence electrons. The fourth-order valence-electron chi connectivity index (χ4n) is 5.40. The number of fused-ring (bicyclic) bond motifs is 1. The molecule has 7 atom stereocenters. The number of hydrogen-bond acceptors (Lipinski definition) is 12. The monoisotopic (exact) mass is 640 g/mol. The Morgan fingerprint density at radius 2 is 1.76 bits per heavy atom. The standard InChI is InChI=1S/C33H40N2O11/c1-3-18-44-32(42)29-27(38)26(37)28(39)33(46-29)45-25(36)19-35-24-13-9-8-12-21(24)15-17-22(30(35)40)34-23(31(41)43-4-2)16-14-20-10-6-5-7-11-20/h3,5-13,22-23,26-29,33-34,37-39H,1,4,14-19H2,2H3/t22-,23-,26?,27-,28-,29?,33+/m0/s1. The van der Waals surface area contributed by atoms with E-state index in [9.17, 15) is 34.5 Å². The van der Waals surface area contributed by atoms with Gasteiger partial charge in [0, 0.05) is 5.69 Å². The van der Waals surface area contributed by atoms with E-state index in [1.54, 1.807) is 25.1 Å². The van der Waals surface area contributed by atoms with Crippen molar-refractivity contribution in [2.45, 2.75) is 75.4 Å². The molecule has 2 aliphatic heterocycles. The molecule has 0 spiro atoms. The number of aryl methyl sites for hydroxylation is 2. The van der Waals surface area contributed by atoms with Gasteiger partial charge in [0.1, 0.15) is 37.5 Å². The van der Waals surface area contributed by atoms with Gasteiger partial charge >= 0.3 is 17.9 Å². The fourth-order valence-corrected chi connectivity index (χ4v) is 5.40. The number of carbonyl (C=O) groups is 4. The van der Waals surface area contributed by atoms with Crippen LogP contribution in [-0.2, 0) is 51.0 Å². The predicted octanol–water partition coefficient (Wildman–Crippen LogP) is 0.569.